The van der Waals surface area contributed by atoms with Crippen molar-refractivity contribution in [2.24, 2.45) is 0 Å². The third-order valence-electron chi connectivity index (χ3n) is 1.92. The van der Waals surface area contributed by atoms with Gasteiger partial charge in [-0.3, -0.25) is 4.79 Å². The molecule has 0 spiro atoms. The van der Waals surface area contributed by atoms with Crippen molar-refractivity contribution in [1.29, 1.82) is 0 Å². The zero-order valence-corrected chi connectivity index (χ0v) is 11.4. The second-order valence-electron chi connectivity index (χ2n) is 3.10. The van der Waals surface area contributed by atoms with Gasteiger partial charge >= 0.3 is 0 Å². The fourth-order valence-electron chi connectivity index (χ4n) is 1.13. The molecule has 0 radical (unpaired) electrons. The summed E-state index contributed by atoms with van der Waals surface area (Å²) in [6, 6.07) is 1.74. The van der Waals surface area contributed by atoms with Gasteiger partial charge in [0.2, 0.25) is 0 Å². The van der Waals surface area contributed by atoms with E-state index in [9.17, 15) is 4.79 Å². The molecule has 1 rings (SSSR count). The summed E-state index contributed by atoms with van der Waals surface area (Å²) in [6.07, 6.45) is 3.29. The van der Waals surface area contributed by atoms with E-state index in [2.05, 4.69) is 21.2 Å². The number of carbonyl (C=O) groups is 1. The summed E-state index contributed by atoms with van der Waals surface area (Å²) in [5.74, 6) is -0.0613. The minimum atomic E-state index is -0.0613. The number of carbonyl (C=O) groups excluding carboxylic acids is 1. The van der Waals surface area contributed by atoms with Crippen LogP contribution < -0.4 is 5.32 Å². The summed E-state index contributed by atoms with van der Waals surface area (Å²) in [5.41, 5.74) is 0. The zero-order valence-electron chi connectivity index (χ0n) is 8.26. The highest BCUT2D eigenvalue weighted by molar-refractivity contribution is 9.09. The van der Waals surface area contributed by atoms with E-state index in [1.165, 1.54) is 11.3 Å². The van der Waals surface area contributed by atoms with Crippen LogP contribution in [0, 0.1) is 0 Å². The Bertz CT molecular complexity index is 316. The van der Waals surface area contributed by atoms with Gasteiger partial charge in [-0.05, 0) is 24.3 Å². The van der Waals surface area contributed by atoms with Crippen LogP contribution >= 0.6 is 38.9 Å². The Kier molecular flexibility index (Phi) is 6.29. The maximum atomic E-state index is 11.6. The Morgan fingerprint density at radius 3 is 2.87 bits per heavy atom. The summed E-state index contributed by atoms with van der Waals surface area (Å²) in [7, 11) is 0. The zero-order chi connectivity index (χ0) is 11.1. The van der Waals surface area contributed by atoms with Crippen molar-refractivity contribution in [3.8, 4) is 0 Å². The lowest BCUT2D eigenvalue weighted by molar-refractivity contribution is 0.0957. The molecule has 15 heavy (non-hydrogen) atoms. The van der Waals surface area contributed by atoms with Crippen LogP contribution in [0.2, 0.25) is 5.02 Å². The first kappa shape index (κ1) is 13.0. The van der Waals surface area contributed by atoms with E-state index in [1.54, 1.807) is 6.07 Å². The Labute approximate surface area is 107 Å². The molecule has 0 aromatic carbocycles. The summed E-state index contributed by atoms with van der Waals surface area (Å²) < 4.78 is 0. The molecule has 1 heterocycles. The number of alkyl halides is 1. The molecule has 1 amide bonds. The fraction of sp³-hybridized carbons (Fsp3) is 0.500. The van der Waals surface area contributed by atoms with Crippen LogP contribution in [0.4, 0.5) is 0 Å². The predicted molar refractivity (Wildman–Crippen MR) is 69.3 cm³/mol. The van der Waals surface area contributed by atoms with Crippen LogP contribution in [-0.2, 0) is 0 Å². The summed E-state index contributed by atoms with van der Waals surface area (Å²) in [5, 5.41) is 6.24. The van der Waals surface area contributed by atoms with E-state index >= 15 is 0 Å². The van der Waals surface area contributed by atoms with Gasteiger partial charge in [0.25, 0.3) is 5.91 Å². The molecule has 2 nitrogen and oxygen atoms in total. The third-order valence-corrected chi connectivity index (χ3v) is 3.82. The molecule has 1 aromatic rings. The summed E-state index contributed by atoms with van der Waals surface area (Å²) in [6.45, 7) is 0.722. The van der Waals surface area contributed by atoms with Crippen LogP contribution in [0.1, 0.15) is 28.9 Å². The first-order valence-corrected chi connectivity index (χ1v) is 7.20. The van der Waals surface area contributed by atoms with Crippen LogP contribution in [0.5, 0.6) is 0 Å². The van der Waals surface area contributed by atoms with Crippen molar-refractivity contribution in [3.05, 3.63) is 21.3 Å². The first-order valence-electron chi connectivity index (χ1n) is 4.83. The highest BCUT2D eigenvalue weighted by Gasteiger charge is 2.10. The normalized spacial score (nSPS) is 10.3. The molecule has 0 saturated carbocycles. The van der Waals surface area contributed by atoms with Gasteiger partial charge in [0, 0.05) is 11.9 Å². The molecular formula is C10H13BrClNOS. The molecule has 0 saturated heterocycles. The molecule has 0 aliphatic rings. The van der Waals surface area contributed by atoms with Crippen molar-refractivity contribution >= 4 is 44.8 Å². The second kappa shape index (κ2) is 7.25. The smallest absolute Gasteiger partial charge is 0.262 e. The molecule has 0 atom stereocenters. The van der Waals surface area contributed by atoms with Crippen molar-refractivity contribution in [3.63, 3.8) is 0 Å². The summed E-state index contributed by atoms with van der Waals surface area (Å²) in [4.78, 5) is 12.2. The standard InChI is InChI=1S/C10H13BrClNOS/c11-5-2-1-3-6-13-10(14)9-8(12)4-7-15-9/h4,7H,1-3,5-6H2,(H,13,14). The average Bonchev–Trinajstić information content (AvgIpc) is 2.64. The third kappa shape index (κ3) is 4.53. The van der Waals surface area contributed by atoms with Gasteiger partial charge in [0.05, 0.1) is 5.02 Å². The second-order valence-corrected chi connectivity index (χ2v) is 5.22. The molecule has 0 unspecified atom stereocenters. The lowest BCUT2D eigenvalue weighted by Crippen LogP contribution is -2.23. The highest BCUT2D eigenvalue weighted by Crippen LogP contribution is 2.21. The summed E-state index contributed by atoms with van der Waals surface area (Å²) >= 11 is 10.6. The number of unbranched alkanes of at least 4 members (excludes halogenated alkanes) is 2. The van der Waals surface area contributed by atoms with Crippen LogP contribution in [0.25, 0.3) is 0 Å². The molecule has 0 bridgehead atoms. The number of nitrogens with one attached hydrogen (secondary N) is 1. The largest absolute Gasteiger partial charge is 0.351 e. The van der Waals surface area contributed by atoms with Crippen molar-refractivity contribution < 1.29 is 4.79 Å². The van der Waals surface area contributed by atoms with Crippen molar-refractivity contribution in [1.82, 2.24) is 5.32 Å². The van der Waals surface area contributed by atoms with Crippen molar-refractivity contribution in [2.45, 2.75) is 19.3 Å². The number of thiophene rings is 1. The predicted octanol–water partition coefficient (Wildman–Crippen LogP) is 3.70. The topological polar surface area (TPSA) is 29.1 Å². The van der Waals surface area contributed by atoms with E-state index < -0.39 is 0 Å². The van der Waals surface area contributed by atoms with Crippen LogP contribution in [-0.4, -0.2) is 17.8 Å². The lowest BCUT2D eigenvalue weighted by Gasteiger charge is -2.03. The van der Waals surface area contributed by atoms with Gasteiger partial charge in [-0.25, -0.2) is 0 Å². The molecule has 84 valence electrons. The van der Waals surface area contributed by atoms with Crippen molar-refractivity contribution in [2.75, 3.05) is 11.9 Å². The maximum absolute atomic E-state index is 11.6. The van der Waals surface area contributed by atoms with Crippen LogP contribution in [0.3, 0.4) is 0 Å². The molecule has 5 heteroatoms. The Hall–Kier alpha value is -0.0600. The van der Waals surface area contributed by atoms with E-state index in [0.29, 0.717) is 9.90 Å². The van der Waals surface area contributed by atoms with Gasteiger partial charge < -0.3 is 5.32 Å². The lowest BCUT2D eigenvalue weighted by atomic mass is 10.2. The molecule has 0 aliphatic carbocycles. The van der Waals surface area contributed by atoms with E-state index in [0.717, 1.165) is 31.1 Å². The minimum absolute atomic E-state index is 0.0613. The van der Waals surface area contributed by atoms with Gasteiger partial charge in [0.1, 0.15) is 4.88 Å². The van der Waals surface area contributed by atoms with Gasteiger partial charge in [-0.1, -0.05) is 34.0 Å². The monoisotopic (exact) mass is 309 g/mol. The number of hydrogen-bond donors (Lipinski definition) is 1. The molecule has 0 fully saturated rings. The SMILES string of the molecule is O=C(NCCCCCBr)c1sccc1Cl. The number of halogens is 2. The van der Waals surface area contributed by atoms with Gasteiger partial charge in [-0.2, -0.15) is 0 Å². The van der Waals surface area contributed by atoms with E-state index in [-0.39, 0.29) is 5.91 Å². The highest BCUT2D eigenvalue weighted by atomic mass is 79.9. The number of rotatable bonds is 6. The quantitative estimate of drug-likeness (QED) is 0.630. The minimum Gasteiger partial charge on any atom is -0.351 e. The average molecular weight is 311 g/mol. The van der Waals surface area contributed by atoms with E-state index in [4.69, 9.17) is 11.6 Å². The van der Waals surface area contributed by atoms with E-state index in [1.807, 2.05) is 5.38 Å². The molecular weight excluding hydrogens is 298 g/mol. The molecule has 1 aromatic heterocycles. The van der Waals surface area contributed by atoms with Crippen LogP contribution in [0.15, 0.2) is 11.4 Å². The first-order chi connectivity index (χ1) is 7.25. The number of amides is 1. The number of hydrogen-bond acceptors (Lipinski definition) is 2. The fourth-order valence-corrected chi connectivity index (χ4v) is 2.59. The Balaban J connectivity index is 2.22. The maximum Gasteiger partial charge on any atom is 0.262 e. The van der Waals surface area contributed by atoms with Gasteiger partial charge in [0.15, 0.2) is 0 Å². The van der Waals surface area contributed by atoms with Gasteiger partial charge in [-0.15, -0.1) is 11.3 Å². The molecule has 1 N–H and O–H groups in total. The Morgan fingerprint density at radius 2 is 2.27 bits per heavy atom. The molecule has 0 aliphatic heterocycles. The Morgan fingerprint density at radius 1 is 1.47 bits per heavy atom.